The molecule has 1 aromatic heterocycles. The van der Waals surface area contributed by atoms with Crippen LogP contribution in [-0.2, 0) is 0 Å². The van der Waals surface area contributed by atoms with Gasteiger partial charge in [-0.1, -0.05) is 0 Å². The molecule has 2 heterocycles. The van der Waals surface area contributed by atoms with E-state index in [4.69, 9.17) is 0 Å². The van der Waals surface area contributed by atoms with E-state index in [0.29, 0.717) is 0 Å². The maximum atomic E-state index is 4.41. The summed E-state index contributed by atoms with van der Waals surface area (Å²) in [5.41, 5.74) is 1.18. The number of pyridine rings is 1. The second kappa shape index (κ2) is 5.83. The van der Waals surface area contributed by atoms with Gasteiger partial charge in [0.25, 0.3) is 0 Å². The van der Waals surface area contributed by atoms with E-state index in [-0.39, 0.29) is 0 Å². The van der Waals surface area contributed by atoms with Gasteiger partial charge in [0.05, 0.1) is 4.47 Å². The van der Waals surface area contributed by atoms with Gasteiger partial charge < -0.3 is 10.2 Å². The van der Waals surface area contributed by atoms with Crippen LogP contribution in [0.1, 0.15) is 18.4 Å². The van der Waals surface area contributed by atoms with Crippen molar-refractivity contribution in [2.75, 3.05) is 32.0 Å². The number of halogens is 1. The number of anilines is 1. The van der Waals surface area contributed by atoms with Crippen molar-refractivity contribution in [1.82, 2.24) is 9.88 Å². The third-order valence-corrected chi connectivity index (χ3v) is 3.98. The van der Waals surface area contributed by atoms with Crippen molar-refractivity contribution in [3.8, 4) is 0 Å². The molecule has 0 bridgehead atoms. The molecule has 0 aliphatic carbocycles. The van der Waals surface area contributed by atoms with Crippen LogP contribution in [0.5, 0.6) is 0 Å². The predicted octanol–water partition coefficient (Wildman–Crippen LogP) is 2.91. The van der Waals surface area contributed by atoms with Crippen LogP contribution in [0.3, 0.4) is 0 Å². The van der Waals surface area contributed by atoms with E-state index in [1.165, 1.54) is 31.5 Å². The van der Waals surface area contributed by atoms with Crippen molar-refractivity contribution in [2.45, 2.75) is 19.8 Å². The van der Waals surface area contributed by atoms with Crippen molar-refractivity contribution < 1.29 is 0 Å². The Morgan fingerprint density at radius 2 is 2.18 bits per heavy atom. The Kier molecular flexibility index (Phi) is 4.40. The molecule has 94 valence electrons. The summed E-state index contributed by atoms with van der Waals surface area (Å²) in [7, 11) is 2.20. The molecule has 1 aliphatic rings. The highest BCUT2D eigenvalue weighted by Crippen LogP contribution is 2.22. The minimum absolute atomic E-state index is 0.779. The summed E-state index contributed by atoms with van der Waals surface area (Å²) in [6.07, 6.45) is 4.47. The highest BCUT2D eigenvalue weighted by molar-refractivity contribution is 9.10. The highest BCUT2D eigenvalue weighted by atomic mass is 79.9. The number of nitrogens with zero attached hydrogens (tertiary/aromatic N) is 2. The molecule has 3 nitrogen and oxygen atoms in total. The van der Waals surface area contributed by atoms with Crippen molar-refractivity contribution in [2.24, 2.45) is 5.92 Å². The van der Waals surface area contributed by atoms with E-state index in [2.05, 4.69) is 51.2 Å². The normalized spacial score (nSPS) is 18.3. The molecule has 0 radical (unpaired) electrons. The Morgan fingerprint density at radius 3 is 2.82 bits per heavy atom. The number of likely N-dealkylation sites (tertiary alicyclic amines) is 1. The standard InChI is InChI=1S/C13H20BrN3/c1-10-7-12(14)13(15-8-10)16-9-11-3-5-17(2)6-4-11/h7-8,11H,3-6,9H2,1-2H3,(H,15,16). The summed E-state index contributed by atoms with van der Waals surface area (Å²) >= 11 is 3.55. The number of piperidine rings is 1. The van der Waals surface area contributed by atoms with Gasteiger partial charge in [-0.3, -0.25) is 0 Å². The Balaban J connectivity index is 1.85. The molecule has 1 fully saturated rings. The molecule has 1 saturated heterocycles. The van der Waals surface area contributed by atoms with Crippen LogP contribution in [0.4, 0.5) is 5.82 Å². The van der Waals surface area contributed by atoms with Crippen LogP contribution in [0, 0.1) is 12.8 Å². The van der Waals surface area contributed by atoms with Gasteiger partial charge in [-0.05, 0) is 73.4 Å². The molecule has 0 aromatic carbocycles. The third kappa shape index (κ3) is 3.68. The van der Waals surface area contributed by atoms with E-state index in [9.17, 15) is 0 Å². The van der Waals surface area contributed by atoms with Crippen molar-refractivity contribution in [3.05, 3.63) is 22.3 Å². The topological polar surface area (TPSA) is 28.2 Å². The lowest BCUT2D eigenvalue weighted by Gasteiger charge is -2.29. The molecule has 0 atom stereocenters. The van der Waals surface area contributed by atoms with Crippen molar-refractivity contribution >= 4 is 21.7 Å². The maximum Gasteiger partial charge on any atom is 0.140 e. The predicted molar refractivity (Wildman–Crippen MR) is 75.4 cm³/mol. The Labute approximate surface area is 112 Å². The summed E-state index contributed by atoms with van der Waals surface area (Å²) in [4.78, 5) is 6.81. The number of aromatic nitrogens is 1. The lowest BCUT2D eigenvalue weighted by molar-refractivity contribution is 0.226. The molecule has 1 aliphatic heterocycles. The van der Waals surface area contributed by atoms with Gasteiger partial charge in [-0.15, -0.1) is 0 Å². The second-order valence-electron chi connectivity index (χ2n) is 4.97. The van der Waals surface area contributed by atoms with Gasteiger partial charge in [0.1, 0.15) is 5.82 Å². The first-order valence-electron chi connectivity index (χ1n) is 6.19. The summed E-state index contributed by atoms with van der Waals surface area (Å²) in [5.74, 6) is 1.75. The summed E-state index contributed by atoms with van der Waals surface area (Å²) in [5, 5.41) is 3.45. The van der Waals surface area contributed by atoms with Crippen LogP contribution in [-0.4, -0.2) is 36.6 Å². The van der Waals surface area contributed by atoms with E-state index in [1.54, 1.807) is 0 Å². The zero-order chi connectivity index (χ0) is 12.3. The fraction of sp³-hybridized carbons (Fsp3) is 0.615. The van der Waals surface area contributed by atoms with Crippen LogP contribution in [0.2, 0.25) is 0 Å². The average Bonchev–Trinajstić information content (AvgIpc) is 2.30. The van der Waals surface area contributed by atoms with E-state index < -0.39 is 0 Å². The molecule has 0 saturated carbocycles. The largest absolute Gasteiger partial charge is 0.369 e. The Morgan fingerprint density at radius 1 is 1.47 bits per heavy atom. The third-order valence-electron chi connectivity index (χ3n) is 3.37. The second-order valence-corrected chi connectivity index (χ2v) is 5.82. The molecule has 0 unspecified atom stereocenters. The van der Waals surface area contributed by atoms with Gasteiger partial charge in [-0.25, -0.2) is 4.98 Å². The lowest BCUT2D eigenvalue weighted by Crippen LogP contribution is -2.33. The Bertz CT molecular complexity index is 373. The maximum absolute atomic E-state index is 4.41. The van der Waals surface area contributed by atoms with Gasteiger partial charge in [0.2, 0.25) is 0 Å². The fourth-order valence-corrected chi connectivity index (χ4v) is 2.77. The zero-order valence-corrected chi connectivity index (χ0v) is 12.1. The summed E-state index contributed by atoms with van der Waals surface area (Å²) in [6.45, 7) is 5.52. The van der Waals surface area contributed by atoms with Crippen LogP contribution in [0.25, 0.3) is 0 Å². The average molecular weight is 298 g/mol. The quantitative estimate of drug-likeness (QED) is 0.930. The molecule has 4 heteroatoms. The smallest absolute Gasteiger partial charge is 0.140 e. The highest BCUT2D eigenvalue weighted by Gasteiger charge is 2.16. The SMILES string of the molecule is Cc1cnc(NCC2CCN(C)CC2)c(Br)c1. The van der Waals surface area contributed by atoms with Gasteiger partial charge in [0, 0.05) is 12.7 Å². The summed E-state index contributed by atoms with van der Waals surface area (Å²) < 4.78 is 1.06. The molecule has 17 heavy (non-hydrogen) atoms. The number of hydrogen-bond donors (Lipinski definition) is 1. The minimum atomic E-state index is 0.779. The first kappa shape index (κ1) is 12.8. The van der Waals surface area contributed by atoms with Crippen LogP contribution in [0.15, 0.2) is 16.7 Å². The number of nitrogens with one attached hydrogen (secondary N) is 1. The molecule has 2 rings (SSSR count). The van der Waals surface area contributed by atoms with Gasteiger partial charge in [-0.2, -0.15) is 0 Å². The van der Waals surface area contributed by atoms with Gasteiger partial charge >= 0.3 is 0 Å². The number of aryl methyl sites for hydroxylation is 1. The minimum Gasteiger partial charge on any atom is -0.369 e. The zero-order valence-electron chi connectivity index (χ0n) is 10.5. The fourth-order valence-electron chi connectivity index (χ4n) is 2.17. The summed E-state index contributed by atoms with van der Waals surface area (Å²) in [6, 6.07) is 2.10. The molecule has 1 aromatic rings. The van der Waals surface area contributed by atoms with E-state index >= 15 is 0 Å². The monoisotopic (exact) mass is 297 g/mol. The van der Waals surface area contributed by atoms with Gasteiger partial charge in [0.15, 0.2) is 0 Å². The van der Waals surface area contributed by atoms with E-state index in [1.807, 2.05) is 6.20 Å². The molecule has 0 amide bonds. The Hall–Kier alpha value is -0.610. The molecule has 1 N–H and O–H groups in total. The number of hydrogen-bond acceptors (Lipinski definition) is 3. The molecular formula is C13H20BrN3. The van der Waals surface area contributed by atoms with Crippen molar-refractivity contribution in [1.29, 1.82) is 0 Å². The molecular weight excluding hydrogens is 278 g/mol. The molecule has 0 spiro atoms. The lowest BCUT2D eigenvalue weighted by atomic mass is 9.97. The van der Waals surface area contributed by atoms with Crippen LogP contribution < -0.4 is 5.32 Å². The first-order chi connectivity index (χ1) is 8.15. The number of rotatable bonds is 3. The first-order valence-corrected chi connectivity index (χ1v) is 6.99. The van der Waals surface area contributed by atoms with E-state index in [0.717, 1.165) is 22.8 Å². The van der Waals surface area contributed by atoms with Crippen LogP contribution >= 0.6 is 15.9 Å². The van der Waals surface area contributed by atoms with Crippen molar-refractivity contribution in [3.63, 3.8) is 0 Å².